The van der Waals surface area contributed by atoms with Crippen LogP contribution in [0.15, 0.2) is 59.6 Å². The van der Waals surface area contributed by atoms with E-state index in [0.29, 0.717) is 5.56 Å². The van der Waals surface area contributed by atoms with E-state index in [4.69, 9.17) is 9.05 Å². The Morgan fingerprint density at radius 1 is 1.06 bits per heavy atom. The normalized spacial score (nSPS) is 24.4. The number of hydrogen-bond acceptors (Lipinski definition) is 8. The van der Waals surface area contributed by atoms with Crippen LogP contribution in [0.25, 0.3) is 0 Å². The molecular weight excluding hydrogens is 449 g/mol. The molecule has 0 N–H and O–H groups in total. The average molecular weight is 471 g/mol. The van der Waals surface area contributed by atoms with Crippen LogP contribution < -0.4 is 4.90 Å². The van der Waals surface area contributed by atoms with Crippen molar-refractivity contribution in [2.24, 2.45) is 16.8 Å². The van der Waals surface area contributed by atoms with E-state index in [2.05, 4.69) is 4.99 Å². The Bertz CT molecular complexity index is 1180. The Morgan fingerprint density at radius 2 is 1.73 bits per heavy atom. The summed E-state index contributed by atoms with van der Waals surface area (Å²) in [7, 11) is -4.10. The Labute approximate surface area is 189 Å². The summed E-state index contributed by atoms with van der Waals surface area (Å²) in [6.07, 6.45) is 1.32. The summed E-state index contributed by atoms with van der Waals surface area (Å²) in [5.74, 6) is -3.50. The number of non-ortho nitro benzene ring substituents is 1. The zero-order chi connectivity index (χ0) is 23.8. The number of nitro benzene ring substituents is 1. The van der Waals surface area contributed by atoms with Crippen molar-refractivity contribution in [3.8, 4) is 0 Å². The second kappa shape index (κ2) is 8.62. The number of imide groups is 1. The van der Waals surface area contributed by atoms with E-state index in [1.54, 1.807) is 44.2 Å². The van der Waals surface area contributed by atoms with Gasteiger partial charge in [-0.2, -0.15) is 0 Å². The molecule has 2 amide bonds. The van der Waals surface area contributed by atoms with Crippen molar-refractivity contribution in [1.82, 2.24) is 0 Å². The monoisotopic (exact) mass is 471 g/mol. The van der Waals surface area contributed by atoms with Gasteiger partial charge >= 0.3 is 7.60 Å². The van der Waals surface area contributed by atoms with E-state index in [0.717, 1.165) is 11.0 Å². The Kier molecular flexibility index (Phi) is 6.00. The standard InChI is InChI=1S/C22H22N3O7P/c1-3-31-33(30,32-4-2)22(15-9-6-5-7-10-15)19-18(14-23-22)20(26)24(21(19)27)16-11-8-12-17(13-16)25(28)29/h5-14,18-19H,3-4H2,1-2H3. The van der Waals surface area contributed by atoms with Crippen molar-refractivity contribution in [3.63, 3.8) is 0 Å². The first-order chi connectivity index (χ1) is 15.8. The van der Waals surface area contributed by atoms with Gasteiger partial charge in [0.05, 0.1) is 35.7 Å². The number of anilines is 1. The Hall–Kier alpha value is -3.20. The quantitative estimate of drug-likeness (QED) is 0.247. The van der Waals surface area contributed by atoms with E-state index < -0.39 is 41.4 Å². The van der Waals surface area contributed by atoms with Gasteiger partial charge in [0.25, 0.3) is 5.69 Å². The molecule has 10 nitrogen and oxygen atoms in total. The highest BCUT2D eigenvalue weighted by atomic mass is 31.2. The molecule has 2 aromatic rings. The van der Waals surface area contributed by atoms with Crippen molar-refractivity contribution in [2.45, 2.75) is 19.1 Å². The maximum absolute atomic E-state index is 14.2. The topological polar surface area (TPSA) is 128 Å². The maximum atomic E-state index is 14.2. The molecule has 33 heavy (non-hydrogen) atoms. The molecule has 0 aromatic heterocycles. The molecule has 2 aliphatic heterocycles. The van der Waals surface area contributed by atoms with Gasteiger partial charge in [-0.15, -0.1) is 0 Å². The molecule has 11 heteroatoms. The van der Waals surface area contributed by atoms with Crippen LogP contribution in [0, 0.1) is 22.0 Å². The number of aliphatic imine (C=N–C) groups is 1. The molecule has 4 rings (SSSR count). The van der Waals surface area contributed by atoms with Gasteiger partial charge in [0.15, 0.2) is 5.28 Å². The van der Waals surface area contributed by atoms with Crippen LogP contribution in [0.5, 0.6) is 0 Å². The molecular formula is C22H22N3O7P. The SMILES string of the molecule is CCOP(=O)(OCC)C1(c2ccccc2)N=CC2C(=O)N(c3cccc([N+](=O)[O-])c3)C(=O)C21. The minimum Gasteiger partial charge on any atom is -0.307 e. The van der Waals surface area contributed by atoms with Crippen molar-refractivity contribution < 1.29 is 28.1 Å². The van der Waals surface area contributed by atoms with Crippen molar-refractivity contribution >= 4 is 37.0 Å². The number of carbonyl (C=O) groups excluding carboxylic acids is 2. The highest BCUT2D eigenvalue weighted by Gasteiger charge is 2.69. The van der Waals surface area contributed by atoms with E-state index >= 15 is 0 Å². The van der Waals surface area contributed by atoms with E-state index in [1.165, 1.54) is 24.4 Å². The lowest BCUT2D eigenvalue weighted by Gasteiger charge is -2.37. The lowest BCUT2D eigenvalue weighted by Crippen LogP contribution is -2.40. The molecule has 0 aliphatic carbocycles. The number of hydrogen-bond donors (Lipinski definition) is 0. The van der Waals surface area contributed by atoms with Crippen molar-refractivity contribution in [2.75, 3.05) is 18.1 Å². The average Bonchev–Trinajstić information content (AvgIpc) is 3.32. The lowest BCUT2D eigenvalue weighted by molar-refractivity contribution is -0.384. The van der Waals surface area contributed by atoms with Crippen molar-refractivity contribution in [3.05, 3.63) is 70.3 Å². The molecule has 1 fully saturated rings. The lowest BCUT2D eigenvalue weighted by atomic mass is 9.87. The molecule has 0 saturated carbocycles. The number of carbonyl (C=O) groups is 2. The largest absolute Gasteiger partial charge is 0.363 e. The molecule has 2 heterocycles. The summed E-state index contributed by atoms with van der Waals surface area (Å²) in [5.41, 5.74) is 0.218. The predicted molar refractivity (Wildman–Crippen MR) is 120 cm³/mol. The molecule has 0 bridgehead atoms. The maximum Gasteiger partial charge on any atom is 0.363 e. The van der Waals surface area contributed by atoms with Gasteiger partial charge in [0.1, 0.15) is 0 Å². The van der Waals surface area contributed by atoms with Crippen LogP contribution in [0.2, 0.25) is 0 Å². The summed E-state index contributed by atoms with van der Waals surface area (Å²) in [5, 5.41) is 9.45. The minimum atomic E-state index is -4.10. The van der Waals surface area contributed by atoms with Crippen LogP contribution in [-0.2, 0) is 28.5 Å². The molecule has 3 unspecified atom stereocenters. The van der Waals surface area contributed by atoms with E-state index in [-0.39, 0.29) is 24.6 Å². The Balaban J connectivity index is 1.89. The van der Waals surface area contributed by atoms with Crippen LogP contribution >= 0.6 is 7.60 Å². The van der Waals surface area contributed by atoms with Gasteiger partial charge in [-0.05, 0) is 25.5 Å². The first-order valence-electron chi connectivity index (χ1n) is 10.4. The molecule has 1 saturated heterocycles. The van der Waals surface area contributed by atoms with Crippen LogP contribution in [0.3, 0.4) is 0 Å². The summed E-state index contributed by atoms with van der Waals surface area (Å²) < 4.78 is 25.5. The first-order valence-corrected chi connectivity index (χ1v) is 12.0. The molecule has 0 radical (unpaired) electrons. The van der Waals surface area contributed by atoms with Gasteiger partial charge in [-0.3, -0.25) is 29.3 Å². The summed E-state index contributed by atoms with van der Waals surface area (Å²) in [6, 6.07) is 13.8. The van der Waals surface area contributed by atoms with Gasteiger partial charge < -0.3 is 9.05 Å². The second-order valence-electron chi connectivity index (χ2n) is 7.50. The smallest absolute Gasteiger partial charge is 0.307 e. The first kappa shape index (κ1) is 23.0. The zero-order valence-corrected chi connectivity index (χ0v) is 18.9. The summed E-state index contributed by atoms with van der Waals surface area (Å²) in [6.45, 7) is 3.38. The van der Waals surface area contributed by atoms with Gasteiger partial charge in [-0.1, -0.05) is 36.4 Å². The highest BCUT2D eigenvalue weighted by Crippen LogP contribution is 2.72. The number of nitrogens with zero attached hydrogens (tertiary/aromatic N) is 3. The van der Waals surface area contributed by atoms with Gasteiger partial charge in [0, 0.05) is 18.3 Å². The number of fused-ring (bicyclic) bond motifs is 1. The fraction of sp³-hybridized carbons (Fsp3) is 0.318. The van der Waals surface area contributed by atoms with E-state index in [1.807, 2.05) is 0 Å². The summed E-state index contributed by atoms with van der Waals surface area (Å²) in [4.78, 5) is 43.1. The molecule has 172 valence electrons. The fourth-order valence-corrected chi connectivity index (χ4v) is 6.88. The summed E-state index contributed by atoms with van der Waals surface area (Å²) >= 11 is 0. The highest BCUT2D eigenvalue weighted by molar-refractivity contribution is 7.55. The number of nitro groups is 1. The molecule has 0 spiro atoms. The van der Waals surface area contributed by atoms with Crippen molar-refractivity contribution in [1.29, 1.82) is 0 Å². The number of rotatable bonds is 8. The third kappa shape index (κ3) is 3.42. The molecule has 2 aliphatic rings. The van der Waals surface area contributed by atoms with E-state index in [9.17, 15) is 24.3 Å². The van der Waals surface area contributed by atoms with Crippen LogP contribution in [0.1, 0.15) is 19.4 Å². The fourth-order valence-electron chi connectivity index (χ4n) is 4.45. The second-order valence-corrected chi connectivity index (χ2v) is 9.69. The predicted octanol–water partition coefficient (Wildman–Crippen LogP) is 3.90. The van der Waals surface area contributed by atoms with Crippen LogP contribution in [-0.4, -0.2) is 36.2 Å². The number of benzene rings is 2. The van der Waals surface area contributed by atoms with Gasteiger partial charge in [0.2, 0.25) is 11.8 Å². The molecule has 3 atom stereocenters. The van der Waals surface area contributed by atoms with Crippen LogP contribution in [0.4, 0.5) is 11.4 Å². The molecule has 2 aromatic carbocycles. The third-order valence-electron chi connectivity index (χ3n) is 5.73. The third-order valence-corrected chi connectivity index (χ3v) is 8.41. The van der Waals surface area contributed by atoms with Gasteiger partial charge in [-0.25, -0.2) is 4.90 Å². The number of amides is 2. The Morgan fingerprint density at radius 3 is 2.33 bits per heavy atom. The minimum absolute atomic E-state index is 0.0372. The zero-order valence-electron chi connectivity index (χ0n) is 18.0.